The van der Waals surface area contributed by atoms with Crippen LogP contribution < -0.4 is 4.74 Å². The number of nitrogens with one attached hydrogen (secondary N) is 1. The van der Waals surface area contributed by atoms with E-state index >= 15 is 0 Å². The third-order valence-electron chi connectivity index (χ3n) is 2.75. The Balaban J connectivity index is 2.61. The van der Waals surface area contributed by atoms with Crippen molar-refractivity contribution >= 4 is 16.7 Å². The van der Waals surface area contributed by atoms with Crippen molar-refractivity contribution in [3.8, 4) is 5.75 Å². The summed E-state index contributed by atoms with van der Waals surface area (Å²) in [6.07, 6.45) is 0.471. The molecule has 0 amide bonds. The number of Topliss-reactive ketones (excluding diaryl/α,β-unsaturated/α-hetero) is 1. The number of ketones is 1. The molecule has 1 aromatic heterocycles. The highest BCUT2D eigenvalue weighted by molar-refractivity contribution is 5.90. The first-order valence-corrected chi connectivity index (χ1v) is 5.26. The molecule has 0 bridgehead atoms. The van der Waals surface area contributed by atoms with E-state index in [1.807, 2.05) is 25.1 Å². The van der Waals surface area contributed by atoms with Gasteiger partial charge in [-0.25, -0.2) is 0 Å². The minimum absolute atomic E-state index is 0.173. The smallest absolute Gasteiger partial charge is 0.134 e. The number of aryl methyl sites for hydroxylation is 1. The molecule has 0 atom stereocenters. The minimum atomic E-state index is 0.173. The van der Waals surface area contributed by atoms with Crippen LogP contribution in [0.15, 0.2) is 18.2 Å². The van der Waals surface area contributed by atoms with Crippen molar-refractivity contribution < 1.29 is 9.53 Å². The van der Waals surface area contributed by atoms with Gasteiger partial charge in [0.25, 0.3) is 0 Å². The molecule has 1 heterocycles. The Morgan fingerprint density at radius 2 is 2.19 bits per heavy atom. The lowest BCUT2D eigenvalue weighted by Crippen LogP contribution is -1.97. The van der Waals surface area contributed by atoms with E-state index in [0.717, 1.165) is 27.9 Å². The standard InChI is InChI=1S/C13H15NO2/c1-8(15)6-11-9(2)14-13-5-4-10(16-3)7-12(11)13/h4-5,7,14H,6H2,1-3H3. The van der Waals surface area contributed by atoms with E-state index in [0.29, 0.717) is 6.42 Å². The van der Waals surface area contributed by atoms with Crippen molar-refractivity contribution in [2.75, 3.05) is 7.11 Å². The highest BCUT2D eigenvalue weighted by Crippen LogP contribution is 2.26. The molecule has 2 aromatic rings. The van der Waals surface area contributed by atoms with Gasteiger partial charge in [0.15, 0.2) is 0 Å². The maximum Gasteiger partial charge on any atom is 0.134 e. The fraction of sp³-hybridized carbons (Fsp3) is 0.308. The van der Waals surface area contributed by atoms with Gasteiger partial charge in [-0.1, -0.05) is 0 Å². The highest BCUT2D eigenvalue weighted by atomic mass is 16.5. The van der Waals surface area contributed by atoms with Crippen LogP contribution in [-0.2, 0) is 11.2 Å². The topological polar surface area (TPSA) is 42.1 Å². The molecule has 1 N–H and O–H groups in total. The lowest BCUT2D eigenvalue weighted by Gasteiger charge is -2.01. The molecule has 0 aliphatic rings. The molecule has 1 aromatic carbocycles. The fourth-order valence-corrected chi connectivity index (χ4v) is 1.97. The predicted octanol–water partition coefficient (Wildman–Crippen LogP) is 2.62. The van der Waals surface area contributed by atoms with Crippen LogP contribution in [0.25, 0.3) is 10.9 Å². The van der Waals surface area contributed by atoms with Gasteiger partial charge < -0.3 is 9.72 Å². The summed E-state index contributed by atoms with van der Waals surface area (Å²) < 4.78 is 5.19. The number of H-pyrrole nitrogens is 1. The van der Waals surface area contributed by atoms with Gasteiger partial charge >= 0.3 is 0 Å². The van der Waals surface area contributed by atoms with E-state index in [1.165, 1.54) is 0 Å². The monoisotopic (exact) mass is 217 g/mol. The molecule has 0 unspecified atom stereocenters. The molecule has 0 spiro atoms. The Morgan fingerprint density at radius 3 is 2.81 bits per heavy atom. The maximum absolute atomic E-state index is 11.2. The molecule has 0 aliphatic heterocycles. The lowest BCUT2D eigenvalue weighted by molar-refractivity contribution is -0.116. The van der Waals surface area contributed by atoms with Crippen LogP contribution in [0.2, 0.25) is 0 Å². The first-order chi connectivity index (χ1) is 7.61. The van der Waals surface area contributed by atoms with Gasteiger partial charge in [0.1, 0.15) is 11.5 Å². The van der Waals surface area contributed by atoms with Crippen LogP contribution in [0.4, 0.5) is 0 Å². The molecular formula is C13H15NO2. The molecule has 0 radical (unpaired) electrons. The number of aromatic amines is 1. The summed E-state index contributed by atoms with van der Waals surface area (Å²) in [7, 11) is 1.64. The Labute approximate surface area is 94.4 Å². The Bertz CT molecular complexity index is 540. The van der Waals surface area contributed by atoms with Crippen molar-refractivity contribution in [3.63, 3.8) is 0 Å². The molecule has 3 nitrogen and oxygen atoms in total. The minimum Gasteiger partial charge on any atom is -0.497 e. The van der Waals surface area contributed by atoms with Gasteiger partial charge in [0, 0.05) is 23.0 Å². The third-order valence-corrected chi connectivity index (χ3v) is 2.75. The number of benzene rings is 1. The second-order valence-electron chi connectivity index (χ2n) is 4.02. The summed E-state index contributed by atoms with van der Waals surface area (Å²) in [5, 5.41) is 1.08. The molecule has 2 rings (SSSR count). The summed E-state index contributed by atoms with van der Waals surface area (Å²) in [6.45, 7) is 3.60. The van der Waals surface area contributed by atoms with Crippen LogP contribution >= 0.6 is 0 Å². The van der Waals surface area contributed by atoms with Gasteiger partial charge in [-0.2, -0.15) is 0 Å². The Morgan fingerprint density at radius 1 is 1.44 bits per heavy atom. The van der Waals surface area contributed by atoms with Gasteiger partial charge in [-0.15, -0.1) is 0 Å². The number of hydrogen-bond acceptors (Lipinski definition) is 2. The summed E-state index contributed by atoms with van der Waals surface area (Å²) in [4.78, 5) is 14.5. The summed E-state index contributed by atoms with van der Waals surface area (Å²) in [5.74, 6) is 0.989. The third kappa shape index (κ3) is 1.81. The SMILES string of the molecule is COc1ccc2[nH]c(C)c(CC(C)=O)c2c1. The van der Waals surface area contributed by atoms with Crippen molar-refractivity contribution in [2.24, 2.45) is 0 Å². The number of rotatable bonds is 3. The van der Waals surface area contributed by atoms with E-state index in [4.69, 9.17) is 4.74 Å². The zero-order chi connectivity index (χ0) is 11.7. The Kier molecular flexibility index (Phi) is 2.69. The van der Waals surface area contributed by atoms with Gasteiger partial charge in [-0.3, -0.25) is 4.79 Å². The molecule has 3 heteroatoms. The van der Waals surface area contributed by atoms with Gasteiger partial charge in [0.2, 0.25) is 0 Å². The zero-order valence-electron chi connectivity index (χ0n) is 9.76. The largest absolute Gasteiger partial charge is 0.497 e. The normalized spacial score (nSPS) is 10.7. The van der Waals surface area contributed by atoms with E-state index < -0.39 is 0 Å². The number of carbonyl (C=O) groups is 1. The molecule has 0 fully saturated rings. The molecule has 0 saturated heterocycles. The van der Waals surface area contributed by atoms with Crippen molar-refractivity contribution in [3.05, 3.63) is 29.5 Å². The van der Waals surface area contributed by atoms with E-state index in [1.54, 1.807) is 14.0 Å². The van der Waals surface area contributed by atoms with E-state index in [9.17, 15) is 4.79 Å². The quantitative estimate of drug-likeness (QED) is 0.858. The molecule has 84 valence electrons. The number of fused-ring (bicyclic) bond motifs is 1. The van der Waals surface area contributed by atoms with Crippen LogP contribution in [0.1, 0.15) is 18.2 Å². The highest BCUT2D eigenvalue weighted by Gasteiger charge is 2.10. The van der Waals surface area contributed by atoms with Crippen LogP contribution in [0, 0.1) is 6.92 Å². The Hall–Kier alpha value is -1.77. The second-order valence-corrected chi connectivity index (χ2v) is 4.02. The molecule has 0 aliphatic carbocycles. The molecular weight excluding hydrogens is 202 g/mol. The average molecular weight is 217 g/mol. The van der Waals surface area contributed by atoms with Crippen LogP contribution in [0.3, 0.4) is 0 Å². The average Bonchev–Trinajstić information content (AvgIpc) is 2.54. The van der Waals surface area contributed by atoms with Gasteiger partial charge in [0.05, 0.1) is 7.11 Å². The maximum atomic E-state index is 11.2. The van der Waals surface area contributed by atoms with Gasteiger partial charge in [-0.05, 0) is 37.6 Å². The number of hydrogen-bond donors (Lipinski definition) is 1. The van der Waals surface area contributed by atoms with E-state index in [2.05, 4.69) is 4.98 Å². The number of methoxy groups -OCH3 is 1. The molecule has 16 heavy (non-hydrogen) atoms. The number of carbonyl (C=O) groups excluding carboxylic acids is 1. The zero-order valence-corrected chi connectivity index (χ0v) is 9.76. The first kappa shape index (κ1) is 10.7. The van der Waals surface area contributed by atoms with E-state index in [-0.39, 0.29) is 5.78 Å². The fourth-order valence-electron chi connectivity index (χ4n) is 1.97. The number of aromatic nitrogens is 1. The van der Waals surface area contributed by atoms with Crippen LogP contribution in [0.5, 0.6) is 5.75 Å². The van der Waals surface area contributed by atoms with Crippen molar-refractivity contribution in [1.82, 2.24) is 4.98 Å². The first-order valence-electron chi connectivity index (χ1n) is 5.26. The molecule has 0 saturated carbocycles. The van der Waals surface area contributed by atoms with Crippen molar-refractivity contribution in [2.45, 2.75) is 20.3 Å². The second kappa shape index (κ2) is 4.00. The lowest BCUT2D eigenvalue weighted by atomic mass is 10.1. The predicted molar refractivity (Wildman–Crippen MR) is 64.0 cm³/mol. The summed E-state index contributed by atoms with van der Waals surface area (Å²) in [6, 6.07) is 5.86. The van der Waals surface area contributed by atoms with Crippen LogP contribution in [-0.4, -0.2) is 17.9 Å². The van der Waals surface area contributed by atoms with Crippen molar-refractivity contribution in [1.29, 1.82) is 0 Å². The summed E-state index contributed by atoms with van der Waals surface area (Å²) in [5.41, 5.74) is 3.18. The summed E-state index contributed by atoms with van der Waals surface area (Å²) >= 11 is 0. The number of ether oxygens (including phenoxy) is 1.